The van der Waals surface area contributed by atoms with Gasteiger partial charge in [0.2, 0.25) is 0 Å². The summed E-state index contributed by atoms with van der Waals surface area (Å²) in [6, 6.07) is 20.9. The maximum atomic E-state index is 5.55. The number of benzene rings is 2. The van der Waals surface area contributed by atoms with Crippen LogP contribution in [0.3, 0.4) is 0 Å². The third-order valence-corrected chi connectivity index (χ3v) is 5.13. The zero-order valence-electron chi connectivity index (χ0n) is 15.3. The molecule has 1 aliphatic rings. The van der Waals surface area contributed by atoms with Crippen LogP contribution in [0.1, 0.15) is 16.9 Å². The van der Waals surface area contributed by atoms with Crippen LogP contribution in [-0.2, 0) is 13.1 Å². The van der Waals surface area contributed by atoms with Crippen molar-refractivity contribution in [2.45, 2.75) is 20.0 Å². The molecule has 134 valence electrons. The van der Waals surface area contributed by atoms with E-state index in [9.17, 15) is 0 Å². The van der Waals surface area contributed by atoms with Gasteiger partial charge < -0.3 is 4.52 Å². The van der Waals surface area contributed by atoms with Crippen LogP contribution in [0.4, 0.5) is 0 Å². The van der Waals surface area contributed by atoms with E-state index in [2.05, 4.69) is 64.3 Å². The lowest BCUT2D eigenvalue weighted by Crippen LogP contribution is -2.45. The molecule has 0 aliphatic carbocycles. The Balaban J connectivity index is 1.30. The minimum Gasteiger partial charge on any atom is -0.359 e. The highest BCUT2D eigenvalue weighted by molar-refractivity contribution is 5.58. The molecule has 1 aliphatic heterocycles. The fourth-order valence-electron chi connectivity index (χ4n) is 3.49. The van der Waals surface area contributed by atoms with Crippen molar-refractivity contribution < 1.29 is 4.52 Å². The molecule has 4 heteroatoms. The molecule has 1 saturated heterocycles. The van der Waals surface area contributed by atoms with Gasteiger partial charge >= 0.3 is 0 Å². The van der Waals surface area contributed by atoms with E-state index in [1.54, 1.807) is 0 Å². The molecule has 1 fully saturated rings. The largest absolute Gasteiger partial charge is 0.359 e. The molecule has 2 heterocycles. The molecule has 2 aromatic carbocycles. The Morgan fingerprint density at radius 3 is 2.23 bits per heavy atom. The lowest BCUT2D eigenvalue weighted by molar-refractivity contribution is 0.113. The van der Waals surface area contributed by atoms with Gasteiger partial charge in [-0.15, -0.1) is 0 Å². The van der Waals surface area contributed by atoms with Crippen LogP contribution in [0.2, 0.25) is 0 Å². The van der Waals surface area contributed by atoms with E-state index < -0.39 is 0 Å². The lowest BCUT2D eigenvalue weighted by Gasteiger charge is -2.34. The van der Waals surface area contributed by atoms with Gasteiger partial charge in [-0.2, -0.15) is 0 Å². The molecular formula is C22H25N3O. The van der Waals surface area contributed by atoms with Gasteiger partial charge in [0.15, 0.2) is 5.76 Å². The van der Waals surface area contributed by atoms with E-state index in [0.717, 1.165) is 56.3 Å². The SMILES string of the molecule is Cc1ccccc1CN1CCN(Cc2cc(-c3ccccc3)no2)CC1. The minimum absolute atomic E-state index is 0.831. The molecule has 1 aromatic heterocycles. The molecule has 0 unspecified atom stereocenters. The van der Waals surface area contributed by atoms with E-state index in [1.807, 2.05) is 18.2 Å². The summed E-state index contributed by atoms with van der Waals surface area (Å²) in [5, 5.41) is 4.22. The maximum Gasteiger partial charge on any atom is 0.151 e. The maximum absolute atomic E-state index is 5.55. The minimum atomic E-state index is 0.831. The average Bonchev–Trinajstić information content (AvgIpc) is 3.14. The monoisotopic (exact) mass is 347 g/mol. The van der Waals surface area contributed by atoms with Gasteiger partial charge in [0, 0.05) is 44.4 Å². The van der Waals surface area contributed by atoms with Crippen molar-refractivity contribution in [2.75, 3.05) is 26.2 Å². The van der Waals surface area contributed by atoms with E-state index in [-0.39, 0.29) is 0 Å². The Morgan fingerprint density at radius 1 is 0.846 bits per heavy atom. The summed E-state index contributed by atoms with van der Waals surface area (Å²) in [6.45, 7) is 8.38. The Bertz CT molecular complexity index is 835. The predicted octanol–water partition coefficient (Wildman–Crippen LogP) is 3.97. The summed E-state index contributed by atoms with van der Waals surface area (Å²) in [5.41, 5.74) is 4.83. The second kappa shape index (κ2) is 7.85. The molecule has 0 saturated carbocycles. The van der Waals surface area contributed by atoms with Crippen LogP contribution in [0.5, 0.6) is 0 Å². The van der Waals surface area contributed by atoms with Crippen LogP contribution in [-0.4, -0.2) is 41.1 Å². The summed E-state index contributed by atoms with van der Waals surface area (Å²) < 4.78 is 5.55. The second-order valence-corrected chi connectivity index (χ2v) is 7.02. The van der Waals surface area contributed by atoms with Crippen molar-refractivity contribution in [3.63, 3.8) is 0 Å². The molecule has 0 N–H and O–H groups in total. The summed E-state index contributed by atoms with van der Waals surface area (Å²) in [5.74, 6) is 0.941. The summed E-state index contributed by atoms with van der Waals surface area (Å²) in [6.07, 6.45) is 0. The molecule has 0 radical (unpaired) electrons. The highest BCUT2D eigenvalue weighted by Gasteiger charge is 2.19. The highest BCUT2D eigenvalue weighted by atomic mass is 16.5. The third kappa shape index (κ3) is 4.03. The Morgan fingerprint density at radius 2 is 1.50 bits per heavy atom. The fraction of sp³-hybridized carbons (Fsp3) is 0.318. The van der Waals surface area contributed by atoms with Crippen LogP contribution >= 0.6 is 0 Å². The molecule has 0 amide bonds. The average molecular weight is 347 g/mol. The van der Waals surface area contributed by atoms with Crippen LogP contribution in [0, 0.1) is 6.92 Å². The van der Waals surface area contributed by atoms with Crippen LogP contribution < -0.4 is 0 Å². The van der Waals surface area contributed by atoms with Crippen molar-refractivity contribution in [2.24, 2.45) is 0 Å². The zero-order valence-corrected chi connectivity index (χ0v) is 15.3. The number of aromatic nitrogens is 1. The highest BCUT2D eigenvalue weighted by Crippen LogP contribution is 2.20. The van der Waals surface area contributed by atoms with E-state index in [1.165, 1.54) is 11.1 Å². The number of aryl methyl sites for hydroxylation is 1. The van der Waals surface area contributed by atoms with Gasteiger partial charge in [-0.3, -0.25) is 9.80 Å². The Hall–Kier alpha value is -2.43. The van der Waals surface area contributed by atoms with Crippen molar-refractivity contribution >= 4 is 0 Å². The van der Waals surface area contributed by atoms with Crippen LogP contribution in [0.15, 0.2) is 65.2 Å². The summed E-state index contributed by atoms with van der Waals surface area (Å²) in [7, 11) is 0. The third-order valence-electron chi connectivity index (χ3n) is 5.13. The molecule has 0 atom stereocenters. The van der Waals surface area contributed by atoms with Gasteiger partial charge in [-0.25, -0.2) is 0 Å². The number of nitrogens with zero attached hydrogens (tertiary/aromatic N) is 3. The van der Waals surface area contributed by atoms with E-state index in [4.69, 9.17) is 4.52 Å². The molecule has 4 rings (SSSR count). The molecule has 3 aromatic rings. The first-order valence-corrected chi connectivity index (χ1v) is 9.28. The van der Waals surface area contributed by atoms with Crippen molar-refractivity contribution in [3.05, 3.63) is 77.6 Å². The van der Waals surface area contributed by atoms with E-state index in [0.29, 0.717) is 0 Å². The van der Waals surface area contributed by atoms with Crippen molar-refractivity contribution in [1.29, 1.82) is 0 Å². The predicted molar refractivity (Wildman–Crippen MR) is 104 cm³/mol. The zero-order chi connectivity index (χ0) is 17.8. The normalized spacial score (nSPS) is 16.0. The first-order valence-electron chi connectivity index (χ1n) is 9.28. The summed E-state index contributed by atoms with van der Waals surface area (Å²) in [4.78, 5) is 4.98. The number of piperazine rings is 1. The van der Waals surface area contributed by atoms with E-state index >= 15 is 0 Å². The van der Waals surface area contributed by atoms with Gasteiger partial charge in [-0.1, -0.05) is 59.8 Å². The standard InChI is InChI=1S/C22H25N3O/c1-18-7-5-6-10-20(18)16-24-11-13-25(14-12-24)17-21-15-22(23-26-21)19-8-3-2-4-9-19/h2-10,15H,11-14,16-17H2,1H3. The number of rotatable bonds is 5. The molecular weight excluding hydrogens is 322 g/mol. The quantitative estimate of drug-likeness (QED) is 0.699. The molecule has 4 nitrogen and oxygen atoms in total. The Kier molecular flexibility index (Phi) is 5.14. The first kappa shape index (κ1) is 17.0. The van der Waals surface area contributed by atoms with Gasteiger partial charge in [-0.05, 0) is 18.1 Å². The molecule has 0 bridgehead atoms. The van der Waals surface area contributed by atoms with Gasteiger partial charge in [0.1, 0.15) is 5.69 Å². The second-order valence-electron chi connectivity index (χ2n) is 7.02. The fourth-order valence-corrected chi connectivity index (χ4v) is 3.49. The van der Waals surface area contributed by atoms with Gasteiger partial charge in [0.05, 0.1) is 6.54 Å². The topological polar surface area (TPSA) is 32.5 Å². The first-order chi connectivity index (χ1) is 12.8. The lowest BCUT2D eigenvalue weighted by atomic mass is 10.1. The van der Waals surface area contributed by atoms with Crippen molar-refractivity contribution in [1.82, 2.24) is 15.0 Å². The molecule has 0 spiro atoms. The van der Waals surface area contributed by atoms with Crippen LogP contribution in [0.25, 0.3) is 11.3 Å². The summed E-state index contributed by atoms with van der Waals surface area (Å²) >= 11 is 0. The van der Waals surface area contributed by atoms with Crippen molar-refractivity contribution in [3.8, 4) is 11.3 Å². The smallest absolute Gasteiger partial charge is 0.151 e. The Labute approximate surface area is 155 Å². The number of hydrogen-bond donors (Lipinski definition) is 0. The number of hydrogen-bond acceptors (Lipinski definition) is 4. The molecule has 26 heavy (non-hydrogen) atoms. The van der Waals surface area contributed by atoms with Gasteiger partial charge in [0.25, 0.3) is 0 Å².